The molecule has 0 aliphatic carbocycles. The van der Waals surface area contributed by atoms with Crippen LogP contribution in [0.2, 0.25) is 0 Å². The summed E-state index contributed by atoms with van der Waals surface area (Å²) in [5, 5.41) is 0. The molecule has 2 nitrogen and oxygen atoms in total. The molecule has 1 atom stereocenters. The van der Waals surface area contributed by atoms with E-state index in [0.29, 0.717) is 10.9 Å². The molecular weight excluding hydrogens is 192 g/mol. The van der Waals surface area contributed by atoms with Crippen LogP contribution in [0.25, 0.3) is 0 Å². The fraction of sp³-hybridized carbons (Fsp3) is 0.545. The SMILES string of the molecule is CCCC(C)Cn1cccc1C(N)=S. The molecule has 1 aromatic rings. The van der Waals surface area contributed by atoms with E-state index < -0.39 is 0 Å². The van der Waals surface area contributed by atoms with Gasteiger partial charge in [0.05, 0.1) is 5.69 Å². The van der Waals surface area contributed by atoms with E-state index in [0.717, 1.165) is 12.2 Å². The van der Waals surface area contributed by atoms with E-state index in [4.69, 9.17) is 18.0 Å². The maximum absolute atomic E-state index is 5.62. The van der Waals surface area contributed by atoms with Crippen LogP contribution >= 0.6 is 12.2 Å². The molecule has 14 heavy (non-hydrogen) atoms. The summed E-state index contributed by atoms with van der Waals surface area (Å²) in [6.45, 7) is 5.47. The molecule has 0 aliphatic heterocycles. The van der Waals surface area contributed by atoms with Crippen LogP contribution in [-0.2, 0) is 6.54 Å². The number of aromatic nitrogens is 1. The molecule has 0 radical (unpaired) electrons. The molecule has 0 saturated carbocycles. The van der Waals surface area contributed by atoms with E-state index in [-0.39, 0.29) is 0 Å². The van der Waals surface area contributed by atoms with Gasteiger partial charge in [-0.25, -0.2) is 0 Å². The summed E-state index contributed by atoms with van der Waals surface area (Å²) >= 11 is 4.98. The van der Waals surface area contributed by atoms with Crippen molar-refractivity contribution < 1.29 is 0 Å². The third-order valence-electron chi connectivity index (χ3n) is 2.37. The lowest BCUT2D eigenvalue weighted by molar-refractivity contribution is 0.445. The molecule has 78 valence electrons. The lowest BCUT2D eigenvalue weighted by atomic mass is 10.1. The van der Waals surface area contributed by atoms with Crippen LogP contribution in [0.3, 0.4) is 0 Å². The average molecular weight is 210 g/mol. The Bertz CT molecular complexity index is 304. The van der Waals surface area contributed by atoms with Crippen molar-refractivity contribution in [2.24, 2.45) is 11.7 Å². The highest BCUT2D eigenvalue weighted by Crippen LogP contribution is 2.11. The van der Waals surface area contributed by atoms with Crippen LogP contribution in [0.4, 0.5) is 0 Å². The molecule has 1 rings (SSSR count). The van der Waals surface area contributed by atoms with Gasteiger partial charge in [0, 0.05) is 12.7 Å². The van der Waals surface area contributed by atoms with Gasteiger partial charge in [0.25, 0.3) is 0 Å². The summed E-state index contributed by atoms with van der Waals surface area (Å²) in [5.74, 6) is 0.681. The van der Waals surface area contributed by atoms with Crippen LogP contribution in [-0.4, -0.2) is 9.56 Å². The summed E-state index contributed by atoms with van der Waals surface area (Å²) in [5.41, 5.74) is 6.59. The zero-order chi connectivity index (χ0) is 10.6. The van der Waals surface area contributed by atoms with Crippen LogP contribution in [0.1, 0.15) is 32.4 Å². The highest BCUT2D eigenvalue weighted by atomic mass is 32.1. The fourth-order valence-corrected chi connectivity index (χ4v) is 1.90. The van der Waals surface area contributed by atoms with E-state index in [1.54, 1.807) is 0 Å². The summed E-state index contributed by atoms with van der Waals surface area (Å²) in [7, 11) is 0. The van der Waals surface area contributed by atoms with E-state index in [1.807, 2.05) is 18.3 Å². The molecule has 1 unspecified atom stereocenters. The molecule has 0 bridgehead atoms. The maximum atomic E-state index is 5.62. The minimum absolute atomic E-state index is 0.485. The first-order valence-corrected chi connectivity index (χ1v) is 5.51. The molecule has 0 aromatic carbocycles. The number of nitrogens with two attached hydrogens (primary N) is 1. The second kappa shape index (κ2) is 5.15. The highest BCUT2D eigenvalue weighted by Gasteiger charge is 2.06. The molecule has 3 heteroatoms. The Morgan fingerprint density at radius 1 is 1.64 bits per heavy atom. The zero-order valence-corrected chi connectivity index (χ0v) is 9.68. The molecule has 0 aliphatic rings. The van der Waals surface area contributed by atoms with E-state index in [9.17, 15) is 0 Å². The van der Waals surface area contributed by atoms with Gasteiger partial charge in [0.15, 0.2) is 0 Å². The van der Waals surface area contributed by atoms with Gasteiger partial charge in [-0.3, -0.25) is 0 Å². The van der Waals surface area contributed by atoms with Gasteiger partial charge in [-0.1, -0.05) is 32.5 Å². The van der Waals surface area contributed by atoms with Gasteiger partial charge < -0.3 is 10.3 Å². The normalized spacial score (nSPS) is 12.7. The van der Waals surface area contributed by atoms with Gasteiger partial charge in [-0.2, -0.15) is 0 Å². The standard InChI is InChI=1S/C11H18N2S/c1-3-5-9(2)8-13-7-4-6-10(13)11(12)14/h4,6-7,9H,3,5,8H2,1-2H3,(H2,12,14). The average Bonchev–Trinajstić information content (AvgIpc) is 2.52. The second-order valence-electron chi connectivity index (χ2n) is 3.80. The van der Waals surface area contributed by atoms with Crippen molar-refractivity contribution in [1.29, 1.82) is 0 Å². The quantitative estimate of drug-likeness (QED) is 0.757. The number of hydrogen-bond donors (Lipinski definition) is 1. The van der Waals surface area contributed by atoms with Crippen LogP contribution in [0.15, 0.2) is 18.3 Å². The van der Waals surface area contributed by atoms with Crippen LogP contribution in [0, 0.1) is 5.92 Å². The van der Waals surface area contributed by atoms with Crippen molar-refractivity contribution in [1.82, 2.24) is 4.57 Å². The maximum Gasteiger partial charge on any atom is 0.120 e. The smallest absolute Gasteiger partial charge is 0.120 e. The lowest BCUT2D eigenvalue weighted by Crippen LogP contribution is -2.17. The Balaban J connectivity index is 2.66. The van der Waals surface area contributed by atoms with E-state index >= 15 is 0 Å². The molecule has 2 N–H and O–H groups in total. The van der Waals surface area contributed by atoms with Crippen molar-refractivity contribution in [3.63, 3.8) is 0 Å². The Hall–Kier alpha value is -0.830. The Labute approximate surface area is 91.1 Å². The van der Waals surface area contributed by atoms with Gasteiger partial charge >= 0.3 is 0 Å². The summed E-state index contributed by atoms with van der Waals surface area (Å²) in [6.07, 6.45) is 4.51. The Morgan fingerprint density at radius 2 is 2.36 bits per heavy atom. The molecule has 1 heterocycles. The zero-order valence-electron chi connectivity index (χ0n) is 8.86. The first kappa shape index (κ1) is 11.2. The van der Waals surface area contributed by atoms with Gasteiger partial charge in [-0.15, -0.1) is 0 Å². The fourth-order valence-electron chi connectivity index (χ4n) is 1.72. The molecule has 0 amide bonds. The summed E-state index contributed by atoms with van der Waals surface area (Å²) in [4.78, 5) is 0.485. The third-order valence-corrected chi connectivity index (χ3v) is 2.58. The van der Waals surface area contributed by atoms with Crippen molar-refractivity contribution in [3.8, 4) is 0 Å². The second-order valence-corrected chi connectivity index (χ2v) is 4.24. The monoisotopic (exact) mass is 210 g/mol. The number of thiocarbonyl (C=S) groups is 1. The van der Waals surface area contributed by atoms with Gasteiger partial charge in [0.1, 0.15) is 4.99 Å². The first-order chi connectivity index (χ1) is 6.65. The largest absolute Gasteiger partial charge is 0.388 e. The predicted molar refractivity (Wildman–Crippen MR) is 64.4 cm³/mol. The van der Waals surface area contributed by atoms with Crippen molar-refractivity contribution in [3.05, 3.63) is 24.0 Å². The molecule has 0 fully saturated rings. The third kappa shape index (κ3) is 2.84. The predicted octanol–water partition coefficient (Wildman–Crippen LogP) is 2.56. The molecule has 1 aromatic heterocycles. The summed E-state index contributed by atoms with van der Waals surface area (Å²) in [6, 6.07) is 3.97. The topological polar surface area (TPSA) is 30.9 Å². The van der Waals surface area contributed by atoms with E-state index in [1.165, 1.54) is 12.8 Å². The van der Waals surface area contributed by atoms with Crippen LogP contribution < -0.4 is 5.73 Å². The molecule has 0 spiro atoms. The minimum Gasteiger partial charge on any atom is -0.388 e. The number of rotatable bonds is 5. The summed E-state index contributed by atoms with van der Waals surface area (Å²) < 4.78 is 2.14. The van der Waals surface area contributed by atoms with Crippen molar-refractivity contribution >= 4 is 17.2 Å². The van der Waals surface area contributed by atoms with Gasteiger partial charge in [-0.05, 0) is 24.5 Å². The Morgan fingerprint density at radius 3 is 2.93 bits per heavy atom. The number of nitrogens with zero attached hydrogens (tertiary/aromatic N) is 1. The first-order valence-electron chi connectivity index (χ1n) is 5.10. The van der Waals surface area contributed by atoms with E-state index in [2.05, 4.69) is 18.4 Å². The molecular formula is C11H18N2S. The van der Waals surface area contributed by atoms with Crippen molar-refractivity contribution in [2.75, 3.05) is 0 Å². The number of hydrogen-bond acceptors (Lipinski definition) is 1. The van der Waals surface area contributed by atoms with Crippen LogP contribution in [0.5, 0.6) is 0 Å². The van der Waals surface area contributed by atoms with Crippen molar-refractivity contribution in [2.45, 2.75) is 33.2 Å². The lowest BCUT2D eigenvalue weighted by Gasteiger charge is -2.13. The minimum atomic E-state index is 0.485. The molecule has 0 saturated heterocycles. The highest BCUT2D eigenvalue weighted by molar-refractivity contribution is 7.80. The van der Waals surface area contributed by atoms with Gasteiger partial charge in [0.2, 0.25) is 0 Å². The Kier molecular flexibility index (Phi) is 4.14.